The molecule has 140 valence electrons. The summed E-state index contributed by atoms with van der Waals surface area (Å²) in [5.41, 5.74) is 0.447. The highest BCUT2D eigenvalue weighted by molar-refractivity contribution is 5.73. The van der Waals surface area contributed by atoms with Crippen molar-refractivity contribution in [3.63, 3.8) is 0 Å². The van der Waals surface area contributed by atoms with Gasteiger partial charge in [-0.1, -0.05) is 12.1 Å². The predicted molar refractivity (Wildman–Crippen MR) is 97.6 cm³/mol. The van der Waals surface area contributed by atoms with Gasteiger partial charge in [-0.05, 0) is 69.6 Å². The van der Waals surface area contributed by atoms with Crippen molar-refractivity contribution in [2.24, 2.45) is 5.92 Å². The van der Waals surface area contributed by atoms with Crippen molar-refractivity contribution in [3.05, 3.63) is 35.6 Å². The van der Waals surface area contributed by atoms with E-state index in [1.54, 1.807) is 19.1 Å². The van der Waals surface area contributed by atoms with Gasteiger partial charge >= 0.3 is 0 Å². The van der Waals surface area contributed by atoms with Gasteiger partial charge in [0.2, 0.25) is 5.91 Å². The molecule has 0 heterocycles. The van der Waals surface area contributed by atoms with E-state index in [0.29, 0.717) is 24.1 Å². The normalized spacial score (nSPS) is 22.4. The molecule has 0 unspecified atom stereocenters. The average molecular weight is 350 g/mol. The fourth-order valence-electron chi connectivity index (χ4n) is 3.93. The summed E-state index contributed by atoms with van der Waals surface area (Å²) in [5, 5.41) is 16.6. The van der Waals surface area contributed by atoms with Gasteiger partial charge in [0.1, 0.15) is 5.82 Å². The number of amides is 1. The number of benzene rings is 1. The van der Waals surface area contributed by atoms with Gasteiger partial charge in [-0.15, -0.1) is 0 Å². The molecular formula is C20H31FN2O2. The summed E-state index contributed by atoms with van der Waals surface area (Å²) >= 11 is 0. The molecule has 0 aliphatic heterocycles. The molecule has 1 saturated carbocycles. The smallest absolute Gasteiger partial charge is 0.217 e. The maximum Gasteiger partial charge on any atom is 0.217 e. The fraction of sp³-hybridized carbons (Fsp3) is 0.650. The quantitative estimate of drug-likeness (QED) is 0.707. The monoisotopic (exact) mass is 350 g/mol. The van der Waals surface area contributed by atoms with Crippen molar-refractivity contribution in [3.8, 4) is 0 Å². The molecule has 0 saturated heterocycles. The molecule has 5 heteroatoms. The van der Waals surface area contributed by atoms with Crippen LogP contribution in [0.2, 0.25) is 0 Å². The lowest BCUT2D eigenvalue weighted by atomic mass is 9.79. The largest absolute Gasteiger partial charge is 0.387 e. The third kappa shape index (κ3) is 6.75. The maximum atomic E-state index is 13.2. The van der Waals surface area contributed by atoms with E-state index in [9.17, 15) is 14.3 Å². The first-order valence-corrected chi connectivity index (χ1v) is 9.21. The number of hydrogen-bond acceptors (Lipinski definition) is 3. The summed E-state index contributed by atoms with van der Waals surface area (Å²) in [4.78, 5) is 11.3. The van der Waals surface area contributed by atoms with E-state index in [2.05, 4.69) is 24.5 Å². The minimum atomic E-state index is -0.688. The Kier molecular flexibility index (Phi) is 6.96. The highest BCUT2D eigenvalue weighted by atomic mass is 19.1. The number of aliphatic hydroxyl groups is 1. The van der Waals surface area contributed by atoms with Crippen molar-refractivity contribution in [2.75, 3.05) is 6.54 Å². The van der Waals surface area contributed by atoms with Crippen LogP contribution in [0.25, 0.3) is 0 Å². The molecule has 1 amide bonds. The van der Waals surface area contributed by atoms with Gasteiger partial charge in [-0.25, -0.2) is 4.39 Å². The zero-order valence-corrected chi connectivity index (χ0v) is 15.5. The van der Waals surface area contributed by atoms with Gasteiger partial charge in [-0.3, -0.25) is 4.79 Å². The molecule has 0 radical (unpaired) electrons. The highest BCUT2D eigenvalue weighted by Crippen LogP contribution is 2.31. The zero-order valence-electron chi connectivity index (χ0n) is 15.5. The lowest BCUT2D eigenvalue weighted by Gasteiger charge is -2.35. The third-order valence-electron chi connectivity index (χ3n) is 4.99. The summed E-state index contributed by atoms with van der Waals surface area (Å²) in [7, 11) is 0. The molecule has 1 aliphatic rings. The molecule has 3 N–H and O–H groups in total. The molecule has 0 bridgehead atoms. The topological polar surface area (TPSA) is 61.4 Å². The first kappa shape index (κ1) is 19.9. The Morgan fingerprint density at radius 3 is 2.60 bits per heavy atom. The van der Waals surface area contributed by atoms with Crippen molar-refractivity contribution >= 4 is 5.91 Å². The molecule has 25 heavy (non-hydrogen) atoms. The Hall–Kier alpha value is -1.46. The molecule has 4 nitrogen and oxygen atoms in total. The molecule has 1 fully saturated rings. The maximum absolute atomic E-state index is 13.2. The van der Waals surface area contributed by atoms with Crippen molar-refractivity contribution in [1.82, 2.24) is 10.6 Å². The number of carbonyl (C=O) groups excluding carboxylic acids is 1. The van der Waals surface area contributed by atoms with E-state index in [-0.39, 0.29) is 17.3 Å². The standard InChI is InChI=1S/C20H31FN2O2/c1-14(24)23-20(2,3)12-15-7-9-18(10-8-15)22-13-19(25)16-5-4-6-17(21)11-16/h4-6,11,15,18-19,22,25H,7-10,12-13H2,1-3H3,(H,23,24)/t15?,18?,19-/m0/s1. The van der Waals surface area contributed by atoms with Gasteiger partial charge in [0.15, 0.2) is 0 Å². The summed E-state index contributed by atoms with van der Waals surface area (Å²) < 4.78 is 13.2. The Balaban J connectivity index is 1.72. The van der Waals surface area contributed by atoms with Crippen LogP contribution in [0.3, 0.4) is 0 Å². The number of halogens is 1. The second-order valence-corrected chi connectivity index (χ2v) is 7.97. The number of nitrogens with one attached hydrogen (secondary N) is 2. The van der Waals surface area contributed by atoms with Crippen LogP contribution < -0.4 is 10.6 Å². The lowest BCUT2D eigenvalue weighted by Crippen LogP contribution is -2.44. The van der Waals surface area contributed by atoms with Gasteiger partial charge in [0.05, 0.1) is 6.10 Å². The highest BCUT2D eigenvalue weighted by Gasteiger charge is 2.28. The Bertz CT molecular complexity index is 569. The van der Waals surface area contributed by atoms with Crippen LogP contribution in [-0.2, 0) is 4.79 Å². The number of hydrogen-bond donors (Lipinski definition) is 3. The van der Waals surface area contributed by atoms with Gasteiger partial charge in [0.25, 0.3) is 0 Å². The van der Waals surface area contributed by atoms with Crippen molar-refractivity contribution < 1.29 is 14.3 Å². The molecule has 2 rings (SSSR count). The van der Waals surface area contributed by atoms with Crippen molar-refractivity contribution in [1.29, 1.82) is 0 Å². The second kappa shape index (κ2) is 8.77. The molecule has 0 spiro atoms. The first-order chi connectivity index (χ1) is 11.7. The summed E-state index contributed by atoms with van der Waals surface area (Å²) in [6, 6.07) is 6.52. The van der Waals surface area contributed by atoms with Crippen LogP contribution in [0.1, 0.15) is 64.5 Å². The fourth-order valence-corrected chi connectivity index (χ4v) is 3.93. The Labute approximate surface area is 150 Å². The van der Waals surface area contributed by atoms with Crippen LogP contribution in [0, 0.1) is 11.7 Å². The Morgan fingerprint density at radius 2 is 2.00 bits per heavy atom. The van der Waals surface area contributed by atoms with Crippen LogP contribution >= 0.6 is 0 Å². The van der Waals surface area contributed by atoms with Gasteiger partial charge in [0, 0.05) is 25.0 Å². The van der Waals surface area contributed by atoms with Crippen LogP contribution in [0.5, 0.6) is 0 Å². The van der Waals surface area contributed by atoms with Gasteiger partial charge < -0.3 is 15.7 Å². The molecule has 1 aromatic carbocycles. The average Bonchev–Trinajstić information content (AvgIpc) is 2.52. The summed E-state index contributed by atoms with van der Waals surface area (Å²) in [6.45, 7) is 6.16. The number of carbonyl (C=O) groups is 1. The van der Waals surface area contributed by atoms with Crippen LogP contribution in [0.4, 0.5) is 4.39 Å². The van der Waals surface area contributed by atoms with Crippen molar-refractivity contribution in [2.45, 2.75) is 70.6 Å². The number of rotatable bonds is 7. The summed E-state index contributed by atoms with van der Waals surface area (Å²) in [5.74, 6) is 0.318. The SMILES string of the molecule is CC(=O)NC(C)(C)CC1CCC(NC[C@H](O)c2cccc(F)c2)CC1. The third-order valence-corrected chi connectivity index (χ3v) is 4.99. The minimum absolute atomic E-state index is 0.0201. The molecule has 1 aliphatic carbocycles. The molecule has 1 atom stereocenters. The zero-order chi connectivity index (χ0) is 18.4. The minimum Gasteiger partial charge on any atom is -0.387 e. The first-order valence-electron chi connectivity index (χ1n) is 9.21. The van der Waals surface area contributed by atoms with E-state index in [1.807, 2.05) is 0 Å². The van der Waals surface area contributed by atoms with E-state index in [0.717, 1.165) is 32.1 Å². The lowest BCUT2D eigenvalue weighted by molar-refractivity contribution is -0.120. The molecular weight excluding hydrogens is 319 g/mol. The van der Waals surface area contributed by atoms with Crippen LogP contribution in [-0.4, -0.2) is 29.1 Å². The van der Waals surface area contributed by atoms with Crippen LogP contribution in [0.15, 0.2) is 24.3 Å². The van der Waals surface area contributed by atoms with E-state index < -0.39 is 6.10 Å². The molecule has 0 aromatic heterocycles. The van der Waals surface area contributed by atoms with E-state index in [1.165, 1.54) is 12.1 Å². The van der Waals surface area contributed by atoms with Gasteiger partial charge in [-0.2, -0.15) is 0 Å². The number of aliphatic hydroxyl groups excluding tert-OH is 1. The van der Waals surface area contributed by atoms with E-state index in [4.69, 9.17) is 0 Å². The van der Waals surface area contributed by atoms with E-state index >= 15 is 0 Å². The Morgan fingerprint density at radius 1 is 1.32 bits per heavy atom. The second-order valence-electron chi connectivity index (χ2n) is 7.97. The predicted octanol–water partition coefficient (Wildman–Crippen LogP) is 3.31. The summed E-state index contributed by atoms with van der Waals surface area (Å²) in [6.07, 6.45) is 4.68. The molecule has 1 aromatic rings.